The Morgan fingerprint density at radius 1 is 1.41 bits per heavy atom. The maximum atomic E-state index is 11.6. The highest BCUT2D eigenvalue weighted by atomic mass is 32.2. The number of aromatic nitrogens is 2. The summed E-state index contributed by atoms with van der Waals surface area (Å²) in [7, 11) is -2.90. The first-order chi connectivity index (χ1) is 7.90. The minimum atomic E-state index is -2.90. The van der Waals surface area contributed by atoms with Crippen LogP contribution in [0.1, 0.15) is 31.7 Å². The van der Waals surface area contributed by atoms with Crippen LogP contribution in [0.4, 0.5) is 5.13 Å². The Kier molecular flexibility index (Phi) is 3.40. The van der Waals surface area contributed by atoms with Crippen LogP contribution in [0.5, 0.6) is 0 Å². The fourth-order valence-electron chi connectivity index (χ4n) is 1.72. The Hall–Kier alpha value is -0.690. The van der Waals surface area contributed by atoms with E-state index in [1.54, 1.807) is 18.3 Å². The quantitative estimate of drug-likeness (QED) is 0.813. The second kappa shape index (κ2) is 4.53. The average Bonchev–Trinajstić information content (AvgIpc) is 2.71. The van der Waals surface area contributed by atoms with E-state index in [0.717, 1.165) is 10.1 Å². The van der Waals surface area contributed by atoms with E-state index in [2.05, 4.69) is 24.0 Å². The Labute approximate surface area is 106 Å². The van der Waals surface area contributed by atoms with E-state index < -0.39 is 9.84 Å². The summed E-state index contributed by atoms with van der Waals surface area (Å²) < 4.78 is 23.2. The third kappa shape index (κ3) is 2.60. The van der Waals surface area contributed by atoms with Crippen molar-refractivity contribution in [3.63, 3.8) is 0 Å². The summed E-state index contributed by atoms with van der Waals surface area (Å²) in [5.74, 6) is 0.581. The fourth-order valence-corrected chi connectivity index (χ4v) is 3.88. The molecule has 1 unspecified atom stereocenters. The number of anilines is 1. The molecule has 2 heterocycles. The molecule has 7 heteroatoms. The standard InChI is InChI=1S/C10H17N3O2S2/c1-7(2)9-11-12-10(16-9)13-4-5-17(14,15)8(3)6-13/h7-8H,4-6H2,1-3H3. The summed E-state index contributed by atoms with van der Waals surface area (Å²) in [6.07, 6.45) is 0. The molecule has 96 valence electrons. The highest BCUT2D eigenvalue weighted by Crippen LogP contribution is 2.27. The number of sulfone groups is 1. The Bertz CT molecular complexity index is 495. The van der Waals surface area contributed by atoms with Crippen molar-refractivity contribution in [1.82, 2.24) is 10.2 Å². The highest BCUT2D eigenvalue weighted by Gasteiger charge is 2.30. The molecule has 17 heavy (non-hydrogen) atoms. The van der Waals surface area contributed by atoms with E-state index >= 15 is 0 Å². The molecule has 0 spiro atoms. The number of nitrogens with zero attached hydrogens (tertiary/aromatic N) is 3. The molecule has 1 atom stereocenters. The van der Waals surface area contributed by atoms with Crippen molar-refractivity contribution < 1.29 is 8.42 Å². The molecule has 0 N–H and O–H groups in total. The van der Waals surface area contributed by atoms with Gasteiger partial charge in [-0.2, -0.15) is 0 Å². The second-order valence-electron chi connectivity index (χ2n) is 4.70. The van der Waals surface area contributed by atoms with Gasteiger partial charge in [-0.3, -0.25) is 0 Å². The maximum Gasteiger partial charge on any atom is 0.208 e. The smallest absolute Gasteiger partial charge is 0.208 e. The van der Waals surface area contributed by atoms with Gasteiger partial charge >= 0.3 is 0 Å². The van der Waals surface area contributed by atoms with Gasteiger partial charge in [-0.1, -0.05) is 25.2 Å². The summed E-state index contributed by atoms with van der Waals surface area (Å²) in [6.45, 7) is 6.96. The first-order valence-corrected chi connectivity index (χ1v) is 8.23. The third-order valence-electron chi connectivity index (χ3n) is 2.93. The first kappa shape index (κ1) is 12.8. The number of rotatable bonds is 2. The molecular formula is C10H17N3O2S2. The van der Waals surface area contributed by atoms with Crippen LogP contribution < -0.4 is 4.90 Å². The predicted molar refractivity (Wildman–Crippen MR) is 69.5 cm³/mol. The lowest BCUT2D eigenvalue weighted by Crippen LogP contribution is -2.45. The van der Waals surface area contributed by atoms with E-state index in [-0.39, 0.29) is 11.0 Å². The lowest BCUT2D eigenvalue weighted by atomic mass is 10.2. The summed E-state index contributed by atoms with van der Waals surface area (Å²) in [5, 5.41) is 9.80. The van der Waals surface area contributed by atoms with E-state index in [4.69, 9.17) is 0 Å². The van der Waals surface area contributed by atoms with Crippen LogP contribution in [0, 0.1) is 0 Å². The molecule has 0 aromatic carbocycles. The van der Waals surface area contributed by atoms with Crippen molar-refractivity contribution in [2.45, 2.75) is 31.9 Å². The molecule has 1 saturated heterocycles. The van der Waals surface area contributed by atoms with Crippen LogP contribution in [0.15, 0.2) is 0 Å². The lowest BCUT2D eigenvalue weighted by molar-refractivity contribution is 0.569. The molecule has 0 amide bonds. The summed E-state index contributed by atoms with van der Waals surface area (Å²) >= 11 is 1.56. The van der Waals surface area contributed by atoms with E-state index in [1.807, 2.05) is 4.90 Å². The summed E-state index contributed by atoms with van der Waals surface area (Å²) in [5.41, 5.74) is 0. The molecule has 1 aliphatic rings. The van der Waals surface area contributed by atoms with Crippen molar-refractivity contribution in [2.75, 3.05) is 23.7 Å². The minimum absolute atomic E-state index is 0.213. The molecule has 0 radical (unpaired) electrons. The van der Waals surface area contributed by atoms with Crippen molar-refractivity contribution in [3.8, 4) is 0 Å². The van der Waals surface area contributed by atoms with Gasteiger partial charge < -0.3 is 4.90 Å². The zero-order chi connectivity index (χ0) is 12.6. The van der Waals surface area contributed by atoms with E-state index in [0.29, 0.717) is 19.0 Å². The lowest BCUT2D eigenvalue weighted by Gasteiger charge is -2.30. The van der Waals surface area contributed by atoms with Gasteiger partial charge in [0.1, 0.15) is 5.01 Å². The largest absolute Gasteiger partial charge is 0.344 e. The molecular weight excluding hydrogens is 258 g/mol. The first-order valence-electron chi connectivity index (χ1n) is 5.70. The summed E-state index contributed by atoms with van der Waals surface area (Å²) in [6, 6.07) is 0. The maximum absolute atomic E-state index is 11.6. The topological polar surface area (TPSA) is 63.2 Å². The monoisotopic (exact) mass is 275 g/mol. The van der Waals surface area contributed by atoms with Gasteiger partial charge in [0.15, 0.2) is 9.84 Å². The van der Waals surface area contributed by atoms with Crippen molar-refractivity contribution >= 4 is 26.3 Å². The third-order valence-corrected chi connectivity index (χ3v) is 6.34. The van der Waals surface area contributed by atoms with Gasteiger partial charge in [0.25, 0.3) is 0 Å². The number of hydrogen-bond acceptors (Lipinski definition) is 6. The number of hydrogen-bond donors (Lipinski definition) is 0. The highest BCUT2D eigenvalue weighted by molar-refractivity contribution is 7.92. The van der Waals surface area contributed by atoms with Crippen molar-refractivity contribution in [1.29, 1.82) is 0 Å². The Morgan fingerprint density at radius 2 is 2.12 bits per heavy atom. The SMILES string of the molecule is CC(C)c1nnc(N2CCS(=O)(=O)C(C)C2)s1. The summed E-state index contributed by atoms with van der Waals surface area (Å²) in [4.78, 5) is 2.02. The zero-order valence-electron chi connectivity index (χ0n) is 10.3. The van der Waals surface area contributed by atoms with Crippen LogP contribution in [-0.4, -0.2) is 42.7 Å². The van der Waals surface area contributed by atoms with Crippen LogP contribution in [-0.2, 0) is 9.84 Å². The Balaban J connectivity index is 2.14. The van der Waals surface area contributed by atoms with Gasteiger partial charge in [0.05, 0.1) is 11.0 Å². The molecule has 0 bridgehead atoms. The fraction of sp³-hybridized carbons (Fsp3) is 0.800. The predicted octanol–water partition coefficient (Wildman–Crippen LogP) is 1.28. The van der Waals surface area contributed by atoms with E-state index in [9.17, 15) is 8.42 Å². The zero-order valence-corrected chi connectivity index (χ0v) is 11.9. The van der Waals surface area contributed by atoms with Crippen LogP contribution in [0.3, 0.4) is 0 Å². The molecule has 0 saturated carbocycles. The van der Waals surface area contributed by atoms with Crippen LogP contribution in [0.25, 0.3) is 0 Å². The van der Waals surface area contributed by atoms with Gasteiger partial charge in [-0.15, -0.1) is 10.2 Å². The van der Waals surface area contributed by atoms with Crippen molar-refractivity contribution in [3.05, 3.63) is 5.01 Å². The molecule has 1 aromatic heterocycles. The van der Waals surface area contributed by atoms with Gasteiger partial charge in [0, 0.05) is 19.0 Å². The van der Waals surface area contributed by atoms with Crippen molar-refractivity contribution in [2.24, 2.45) is 0 Å². The molecule has 1 aromatic rings. The molecule has 0 aliphatic carbocycles. The van der Waals surface area contributed by atoms with E-state index in [1.165, 1.54) is 0 Å². The minimum Gasteiger partial charge on any atom is -0.344 e. The molecule has 1 fully saturated rings. The van der Waals surface area contributed by atoms with Crippen LogP contribution in [0.2, 0.25) is 0 Å². The second-order valence-corrected chi connectivity index (χ2v) is 8.23. The Morgan fingerprint density at radius 3 is 2.65 bits per heavy atom. The molecule has 5 nitrogen and oxygen atoms in total. The molecule has 2 rings (SSSR count). The van der Waals surface area contributed by atoms with Gasteiger partial charge in [0.2, 0.25) is 5.13 Å². The molecule has 1 aliphatic heterocycles. The van der Waals surface area contributed by atoms with Gasteiger partial charge in [-0.25, -0.2) is 8.42 Å². The normalized spacial score (nSPS) is 24.2. The van der Waals surface area contributed by atoms with Gasteiger partial charge in [-0.05, 0) is 6.92 Å². The van der Waals surface area contributed by atoms with Crippen LogP contribution >= 0.6 is 11.3 Å². The average molecular weight is 275 g/mol.